The second kappa shape index (κ2) is 10.9. The molecule has 0 bridgehead atoms. The zero-order chi connectivity index (χ0) is 25.7. The number of ether oxygens (including phenoxy) is 3. The van der Waals surface area contributed by atoms with E-state index in [0.29, 0.717) is 28.3 Å². The summed E-state index contributed by atoms with van der Waals surface area (Å²) in [5.74, 6) is -0.159. The summed E-state index contributed by atoms with van der Waals surface area (Å²) in [6.07, 6.45) is -0.375. The molecular weight excluding hydrogens is 463 g/mol. The van der Waals surface area contributed by atoms with Crippen molar-refractivity contribution in [3.63, 3.8) is 0 Å². The van der Waals surface area contributed by atoms with Gasteiger partial charge in [-0.15, -0.1) is 0 Å². The van der Waals surface area contributed by atoms with E-state index in [1.54, 1.807) is 56.3 Å². The zero-order valence-electron chi connectivity index (χ0n) is 20.2. The molecule has 4 rings (SSSR count). The Labute approximate surface area is 208 Å². The molecule has 1 unspecified atom stereocenters. The molecule has 36 heavy (non-hydrogen) atoms. The molecule has 2 N–H and O–H groups in total. The van der Waals surface area contributed by atoms with Gasteiger partial charge in [-0.2, -0.15) is 0 Å². The summed E-state index contributed by atoms with van der Waals surface area (Å²) in [6.45, 7) is 3.63. The Kier molecular flexibility index (Phi) is 7.53. The first-order chi connectivity index (χ1) is 17.4. The van der Waals surface area contributed by atoms with Crippen LogP contribution in [0.1, 0.15) is 36.6 Å². The van der Waals surface area contributed by atoms with Gasteiger partial charge in [-0.05, 0) is 43.2 Å². The Morgan fingerprint density at radius 1 is 1.00 bits per heavy atom. The summed E-state index contributed by atoms with van der Waals surface area (Å²) in [7, 11) is 1.50. The van der Waals surface area contributed by atoms with Gasteiger partial charge in [0.15, 0.2) is 11.5 Å². The minimum absolute atomic E-state index is 0.119. The lowest BCUT2D eigenvalue weighted by Crippen LogP contribution is -2.45. The van der Waals surface area contributed by atoms with E-state index in [1.165, 1.54) is 19.2 Å². The van der Waals surface area contributed by atoms with Crippen LogP contribution >= 0.6 is 0 Å². The van der Waals surface area contributed by atoms with E-state index in [4.69, 9.17) is 14.2 Å². The van der Waals surface area contributed by atoms with Gasteiger partial charge in [-0.1, -0.05) is 54.6 Å². The fourth-order valence-corrected chi connectivity index (χ4v) is 3.94. The summed E-state index contributed by atoms with van der Waals surface area (Å²) in [5, 5.41) is 5.61. The van der Waals surface area contributed by atoms with E-state index in [1.807, 2.05) is 18.2 Å². The quantitative estimate of drug-likeness (QED) is 0.428. The van der Waals surface area contributed by atoms with Gasteiger partial charge in [-0.3, -0.25) is 0 Å². The van der Waals surface area contributed by atoms with E-state index in [2.05, 4.69) is 10.6 Å². The van der Waals surface area contributed by atoms with Crippen LogP contribution in [0.4, 0.5) is 9.18 Å². The highest BCUT2D eigenvalue weighted by atomic mass is 19.1. The maximum Gasteiger partial charge on any atom is 0.338 e. The van der Waals surface area contributed by atoms with Gasteiger partial charge in [-0.25, -0.2) is 14.0 Å². The number of carbonyl (C=O) groups excluding carboxylic acids is 2. The Balaban J connectivity index is 1.83. The number of hydrogen-bond donors (Lipinski definition) is 2. The first kappa shape index (κ1) is 24.8. The summed E-state index contributed by atoms with van der Waals surface area (Å²) >= 11 is 0. The van der Waals surface area contributed by atoms with Crippen LogP contribution in [-0.2, 0) is 16.1 Å². The van der Waals surface area contributed by atoms with Crippen LogP contribution in [0.15, 0.2) is 78.4 Å². The lowest BCUT2D eigenvalue weighted by Gasteiger charge is -2.31. The number of methoxy groups -OCH3 is 1. The van der Waals surface area contributed by atoms with Gasteiger partial charge in [0.1, 0.15) is 12.4 Å². The van der Waals surface area contributed by atoms with Crippen LogP contribution in [-0.4, -0.2) is 25.2 Å². The molecule has 1 aliphatic rings. The minimum atomic E-state index is -0.890. The summed E-state index contributed by atoms with van der Waals surface area (Å²) in [4.78, 5) is 26.2. The van der Waals surface area contributed by atoms with Crippen molar-refractivity contribution >= 4 is 17.7 Å². The second-order valence-electron chi connectivity index (χ2n) is 8.43. The molecule has 0 aromatic heterocycles. The molecule has 1 atom stereocenters. The molecule has 1 aliphatic heterocycles. The molecule has 0 fully saturated rings. The van der Waals surface area contributed by atoms with Gasteiger partial charge in [0.2, 0.25) is 0 Å². The number of halogens is 1. The smallest absolute Gasteiger partial charge is 0.338 e. The molecule has 1 heterocycles. The second-order valence-corrected chi connectivity index (χ2v) is 8.43. The number of para-hydroxylation sites is 1. The normalized spacial score (nSPS) is 15.2. The first-order valence-electron chi connectivity index (χ1n) is 11.5. The lowest BCUT2D eigenvalue weighted by molar-refractivity contribution is -0.143. The number of esters is 1. The van der Waals surface area contributed by atoms with Crippen molar-refractivity contribution < 1.29 is 28.2 Å². The van der Waals surface area contributed by atoms with Gasteiger partial charge in [0, 0.05) is 5.56 Å². The van der Waals surface area contributed by atoms with E-state index >= 15 is 0 Å². The summed E-state index contributed by atoms with van der Waals surface area (Å²) in [6, 6.07) is 18.9. The van der Waals surface area contributed by atoms with Crippen LogP contribution in [0.25, 0.3) is 5.70 Å². The highest BCUT2D eigenvalue weighted by Crippen LogP contribution is 2.41. The molecule has 0 saturated carbocycles. The van der Waals surface area contributed by atoms with Crippen molar-refractivity contribution in [3.8, 4) is 11.5 Å². The third kappa shape index (κ3) is 5.49. The van der Waals surface area contributed by atoms with Crippen LogP contribution in [0.2, 0.25) is 0 Å². The Morgan fingerprint density at radius 2 is 1.72 bits per heavy atom. The summed E-state index contributed by atoms with van der Waals surface area (Å²) in [5.41, 5.74) is 2.49. The molecule has 0 radical (unpaired) electrons. The molecule has 3 aromatic carbocycles. The average molecular weight is 491 g/mol. The molecule has 0 aliphatic carbocycles. The van der Waals surface area contributed by atoms with Crippen molar-refractivity contribution in [1.29, 1.82) is 0 Å². The monoisotopic (exact) mass is 490 g/mol. The fourth-order valence-electron chi connectivity index (χ4n) is 3.94. The molecule has 2 amide bonds. The number of nitrogens with one attached hydrogen (secondary N) is 2. The Bertz CT molecular complexity index is 1270. The number of urea groups is 1. The van der Waals surface area contributed by atoms with Crippen molar-refractivity contribution in [2.75, 3.05) is 7.11 Å². The van der Waals surface area contributed by atoms with Crippen LogP contribution in [0.3, 0.4) is 0 Å². The van der Waals surface area contributed by atoms with E-state index in [-0.39, 0.29) is 24.1 Å². The third-order valence-electron chi connectivity index (χ3n) is 5.53. The van der Waals surface area contributed by atoms with Crippen LogP contribution in [0, 0.1) is 5.82 Å². The predicted octanol–water partition coefficient (Wildman–Crippen LogP) is 5.13. The average Bonchev–Trinajstić information content (AvgIpc) is 2.87. The van der Waals surface area contributed by atoms with Crippen molar-refractivity contribution in [2.45, 2.75) is 32.6 Å². The maximum absolute atomic E-state index is 13.4. The standard InChI is InChI=1S/C28H27FN2O5/c1-17(2)36-27(32)23-24(19-8-5-4-6-9-19)30-28(33)31-25(23)21-10-7-11-22(34-3)26(21)35-16-18-12-14-20(29)15-13-18/h4-15,17,25H,16H2,1-3H3,(H2,30,31,33). The van der Waals surface area contributed by atoms with E-state index in [0.717, 1.165) is 5.56 Å². The first-order valence-corrected chi connectivity index (χ1v) is 11.5. The highest BCUT2D eigenvalue weighted by Gasteiger charge is 2.37. The van der Waals surface area contributed by atoms with E-state index in [9.17, 15) is 14.0 Å². The van der Waals surface area contributed by atoms with Crippen molar-refractivity contribution in [2.24, 2.45) is 0 Å². The number of hydrogen-bond acceptors (Lipinski definition) is 5. The van der Waals surface area contributed by atoms with Crippen molar-refractivity contribution in [3.05, 3.63) is 101 Å². The van der Waals surface area contributed by atoms with Gasteiger partial charge < -0.3 is 24.8 Å². The lowest BCUT2D eigenvalue weighted by atomic mass is 9.91. The van der Waals surface area contributed by atoms with Gasteiger partial charge in [0.05, 0.1) is 30.5 Å². The molecule has 3 aromatic rings. The minimum Gasteiger partial charge on any atom is -0.493 e. The molecule has 0 saturated heterocycles. The van der Waals surface area contributed by atoms with Crippen LogP contribution in [0.5, 0.6) is 11.5 Å². The third-order valence-corrected chi connectivity index (χ3v) is 5.53. The van der Waals surface area contributed by atoms with Gasteiger partial charge in [0.25, 0.3) is 0 Å². The Morgan fingerprint density at radius 3 is 2.39 bits per heavy atom. The molecule has 0 spiro atoms. The number of amides is 2. The SMILES string of the molecule is COc1cccc(C2NC(=O)NC(c3ccccc3)=C2C(=O)OC(C)C)c1OCc1ccc(F)cc1. The fraction of sp³-hybridized carbons (Fsp3) is 0.214. The maximum atomic E-state index is 13.4. The highest BCUT2D eigenvalue weighted by molar-refractivity contribution is 6.04. The van der Waals surface area contributed by atoms with Gasteiger partial charge >= 0.3 is 12.0 Å². The predicted molar refractivity (Wildman–Crippen MR) is 133 cm³/mol. The number of rotatable bonds is 8. The topological polar surface area (TPSA) is 85.9 Å². The Hall–Kier alpha value is -4.33. The molecule has 7 nitrogen and oxygen atoms in total. The largest absolute Gasteiger partial charge is 0.493 e. The number of benzene rings is 3. The molecule has 186 valence electrons. The summed E-state index contributed by atoms with van der Waals surface area (Å²) < 4.78 is 30.6. The van der Waals surface area contributed by atoms with Crippen molar-refractivity contribution in [1.82, 2.24) is 10.6 Å². The van der Waals surface area contributed by atoms with E-state index < -0.39 is 18.0 Å². The zero-order valence-corrected chi connectivity index (χ0v) is 20.2. The molecular formula is C28H27FN2O5. The number of carbonyl (C=O) groups is 2. The van der Waals surface area contributed by atoms with Crippen LogP contribution < -0.4 is 20.1 Å². The molecule has 8 heteroatoms.